The summed E-state index contributed by atoms with van der Waals surface area (Å²) >= 11 is 0. The van der Waals surface area contributed by atoms with Crippen molar-refractivity contribution in [3.8, 4) is 0 Å². The van der Waals surface area contributed by atoms with Crippen molar-refractivity contribution in [2.45, 2.75) is 32.6 Å². The summed E-state index contributed by atoms with van der Waals surface area (Å²) < 4.78 is 0. The number of likely N-dealkylation sites (tertiary alicyclic amines) is 1. The van der Waals surface area contributed by atoms with Gasteiger partial charge in [0.2, 0.25) is 0 Å². The van der Waals surface area contributed by atoms with Crippen molar-refractivity contribution in [1.29, 1.82) is 0 Å². The molecule has 3 amide bonds. The van der Waals surface area contributed by atoms with Gasteiger partial charge >= 0.3 is 6.03 Å². The molecule has 0 atom stereocenters. The minimum atomic E-state index is -0.216. The molecule has 0 bridgehead atoms. The van der Waals surface area contributed by atoms with E-state index in [0.717, 1.165) is 32.4 Å². The van der Waals surface area contributed by atoms with Gasteiger partial charge in [-0.1, -0.05) is 6.92 Å². The molecule has 5 nitrogen and oxygen atoms in total. The van der Waals surface area contributed by atoms with E-state index >= 15 is 0 Å². The second-order valence-corrected chi connectivity index (χ2v) is 5.31. The van der Waals surface area contributed by atoms with Gasteiger partial charge in [-0.3, -0.25) is 4.79 Å². The van der Waals surface area contributed by atoms with E-state index in [1.165, 1.54) is 6.42 Å². The summed E-state index contributed by atoms with van der Waals surface area (Å²) in [5.41, 5.74) is 1.37. The Morgan fingerprint density at radius 3 is 2.38 bits per heavy atom. The normalized spacial score (nSPS) is 14.6. The van der Waals surface area contributed by atoms with Gasteiger partial charge in [-0.2, -0.15) is 0 Å². The number of piperidine rings is 1. The van der Waals surface area contributed by atoms with Crippen molar-refractivity contribution in [2.75, 3.05) is 25.0 Å². The van der Waals surface area contributed by atoms with Crippen LogP contribution in [-0.4, -0.2) is 36.5 Å². The van der Waals surface area contributed by atoms with Gasteiger partial charge in [0, 0.05) is 30.9 Å². The second kappa shape index (κ2) is 7.67. The van der Waals surface area contributed by atoms with Crippen molar-refractivity contribution < 1.29 is 9.59 Å². The van der Waals surface area contributed by atoms with Gasteiger partial charge in [-0.25, -0.2) is 4.79 Å². The number of urea groups is 1. The van der Waals surface area contributed by atoms with Gasteiger partial charge < -0.3 is 15.5 Å². The van der Waals surface area contributed by atoms with E-state index in [9.17, 15) is 9.59 Å². The molecular formula is C16H23N3O2. The minimum Gasteiger partial charge on any atom is -0.339 e. The number of carbonyl (C=O) groups excluding carboxylic acids is 2. The fourth-order valence-corrected chi connectivity index (χ4v) is 2.39. The first-order chi connectivity index (χ1) is 10.2. The van der Waals surface area contributed by atoms with Crippen LogP contribution in [0.2, 0.25) is 0 Å². The van der Waals surface area contributed by atoms with Crippen molar-refractivity contribution in [3.05, 3.63) is 29.8 Å². The van der Waals surface area contributed by atoms with Crippen LogP contribution in [0.4, 0.5) is 10.5 Å². The largest absolute Gasteiger partial charge is 0.339 e. The van der Waals surface area contributed by atoms with Crippen LogP contribution >= 0.6 is 0 Å². The number of nitrogens with one attached hydrogen (secondary N) is 2. The van der Waals surface area contributed by atoms with E-state index in [4.69, 9.17) is 0 Å². The number of nitrogens with zero attached hydrogens (tertiary/aromatic N) is 1. The van der Waals surface area contributed by atoms with Gasteiger partial charge in [0.25, 0.3) is 5.91 Å². The van der Waals surface area contributed by atoms with Crippen molar-refractivity contribution in [1.82, 2.24) is 10.2 Å². The predicted octanol–water partition coefficient (Wildman–Crippen LogP) is 2.84. The first-order valence-electron chi connectivity index (χ1n) is 7.65. The zero-order valence-corrected chi connectivity index (χ0v) is 12.5. The molecule has 5 heteroatoms. The van der Waals surface area contributed by atoms with Crippen molar-refractivity contribution in [2.24, 2.45) is 0 Å². The zero-order chi connectivity index (χ0) is 15.1. The number of anilines is 1. The lowest BCUT2D eigenvalue weighted by Gasteiger charge is -2.26. The van der Waals surface area contributed by atoms with Crippen LogP contribution in [0.1, 0.15) is 43.0 Å². The van der Waals surface area contributed by atoms with E-state index in [2.05, 4.69) is 10.6 Å². The third-order valence-corrected chi connectivity index (χ3v) is 3.57. The third-order valence-electron chi connectivity index (χ3n) is 3.57. The van der Waals surface area contributed by atoms with E-state index in [0.29, 0.717) is 17.8 Å². The lowest BCUT2D eigenvalue weighted by atomic mass is 10.1. The van der Waals surface area contributed by atoms with Crippen LogP contribution in [0.3, 0.4) is 0 Å². The smallest absolute Gasteiger partial charge is 0.319 e. The maximum absolute atomic E-state index is 12.3. The highest BCUT2D eigenvalue weighted by Gasteiger charge is 2.17. The molecule has 1 heterocycles. The highest BCUT2D eigenvalue weighted by atomic mass is 16.2. The van der Waals surface area contributed by atoms with Crippen molar-refractivity contribution >= 4 is 17.6 Å². The van der Waals surface area contributed by atoms with Crippen LogP contribution in [0.15, 0.2) is 24.3 Å². The van der Waals surface area contributed by atoms with E-state index in [1.807, 2.05) is 11.8 Å². The molecular weight excluding hydrogens is 266 g/mol. The number of carbonyl (C=O) groups is 2. The summed E-state index contributed by atoms with van der Waals surface area (Å²) in [5.74, 6) is 0.0803. The lowest BCUT2D eigenvalue weighted by Crippen LogP contribution is -2.35. The lowest BCUT2D eigenvalue weighted by molar-refractivity contribution is 0.0724. The minimum absolute atomic E-state index is 0.0803. The topological polar surface area (TPSA) is 61.4 Å². The molecule has 0 radical (unpaired) electrons. The Morgan fingerprint density at radius 2 is 1.76 bits per heavy atom. The molecule has 2 N–H and O–H groups in total. The molecule has 1 aliphatic heterocycles. The number of rotatable bonds is 4. The van der Waals surface area contributed by atoms with Gasteiger partial charge in [0.15, 0.2) is 0 Å². The van der Waals surface area contributed by atoms with Crippen LogP contribution in [-0.2, 0) is 0 Å². The van der Waals surface area contributed by atoms with Gasteiger partial charge in [-0.15, -0.1) is 0 Å². The van der Waals surface area contributed by atoms with E-state index < -0.39 is 0 Å². The monoisotopic (exact) mass is 289 g/mol. The highest BCUT2D eigenvalue weighted by molar-refractivity contribution is 5.95. The van der Waals surface area contributed by atoms with Gasteiger partial charge in [0.05, 0.1) is 0 Å². The average Bonchev–Trinajstić information content (AvgIpc) is 2.54. The van der Waals surface area contributed by atoms with Gasteiger partial charge in [0.1, 0.15) is 0 Å². The van der Waals surface area contributed by atoms with Crippen molar-refractivity contribution in [3.63, 3.8) is 0 Å². The summed E-state index contributed by atoms with van der Waals surface area (Å²) in [5, 5.41) is 5.49. The number of hydrogen-bond donors (Lipinski definition) is 2. The quantitative estimate of drug-likeness (QED) is 0.895. The molecule has 1 aliphatic rings. The molecule has 1 fully saturated rings. The maximum Gasteiger partial charge on any atom is 0.319 e. The fourth-order valence-electron chi connectivity index (χ4n) is 2.39. The Balaban J connectivity index is 1.91. The number of hydrogen-bond acceptors (Lipinski definition) is 2. The second-order valence-electron chi connectivity index (χ2n) is 5.31. The number of amides is 3. The number of benzene rings is 1. The van der Waals surface area contributed by atoms with E-state index in [1.54, 1.807) is 24.3 Å². The van der Waals surface area contributed by atoms with E-state index in [-0.39, 0.29) is 11.9 Å². The Kier molecular flexibility index (Phi) is 5.60. The van der Waals surface area contributed by atoms with Gasteiger partial charge in [-0.05, 0) is 49.9 Å². The molecule has 0 unspecified atom stereocenters. The Bertz CT molecular complexity index is 479. The molecule has 0 spiro atoms. The SMILES string of the molecule is CCCNC(=O)Nc1ccc(C(=O)N2CCCCC2)cc1. The van der Waals surface area contributed by atoms with Crippen LogP contribution in [0.25, 0.3) is 0 Å². The first-order valence-corrected chi connectivity index (χ1v) is 7.65. The fraction of sp³-hybridized carbons (Fsp3) is 0.500. The van der Waals surface area contributed by atoms with Crippen LogP contribution in [0, 0.1) is 0 Å². The maximum atomic E-state index is 12.3. The predicted molar refractivity (Wildman–Crippen MR) is 83.5 cm³/mol. The molecule has 21 heavy (non-hydrogen) atoms. The highest BCUT2D eigenvalue weighted by Crippen LogP contribution is 2.15. The summed E-state index contributed by atoms with van der Waals surface area (Å²) in [7, 11) is 0. The molecule has 1 aromatic carbocycles. The summed E-state index contributed by atoms with van der Waals surface area (Å²) in [6, 6.07) is 6.86. The standard InChI is InChI=1S/C16H23N3O2/c1-2-10-17-16(21)18-14-8-6-13(7-9-14)15(20)19-11-4-3-5-12-19/h6-9H,2-5,10-12H2,1H3,(H2,17,18,21). The van der Waals surface area contributed by atoms with Crippen LogP contribution < -0.4 is 10.6 Å². The molecule has 0 saturated carbocycles. The summed E-state index contributed by atoms with van der Waals surface area (Å²) in [6.07, 6.45) is 4.28. The molecule has 1 saturated heterocycles. The summed E-state index contributed by atoms with van der Waals surface area (Å²) in [6.45, 7) is 4.34. The molecule has 0 aliphatic carbocycles. The molecule has 2 rings (SSSR count). The Hall–Kier alpha value is -2.04. The summed E-state index contributed by atoms with van der Waals surface area (Å²) in [4.78, 5) is 25.7. The third kappa shape index (κ3) is 4.48. The molecule has 114 valence electrons. The Morgan fingerprint density at radius 1 is 1.10 bits per heavy atom. The molecule has 1 aromatic rings. The Labute approximate surface area is 125 Å². The molecule has 0 aromatic heterocycles. The average molecular weight is 289 g/mol. The first kappa shape index (κ1) is 15.4. The zero-order valence-electron chi connectivity index (χ0n) is 12.5. The van der Waals surface area contributed by atoms with Crippen LogP contribution in [0.5, 0.6) is 0 Å².